The molecular formula is C11H12BrNO3. The minimum atomic E-state index is -1.02. The second-order valence-corrected chi connectivity index (χ2v) is 4.66. The monoisotopic (exact) mass is 285 g/mol. The standard InChI is InChI=1S/C11H12BrNO3/c1-6-4-9(14)13(5-7(2)12)8(3)10(6)11(15)16/h4H,2,5H2,1,3H3,(H,15,16). The highest BCUT2D eigenvalue weighted by atomic mass is 79.9. The normalized spacial score (nSPS) is 10.2. The van der Waals surface area contributed by atoms with Crippen LogP contribution in [0.2, 0.25) is 0 Å². The summed E-state index contributed by atoms with van der Waals surface area (Å²) in [7, 11) is 0. The molecule has 86 valence electrons. The molecule has 0 fully saturated rings. The number of halogens is 1. The van der Waals surface area contributed by atoms with Gasteiger partial charge in [-0.15, -0.1) is 0 Å². The number of aromatic nitrogens is 1. The van der Waals surface area contributed by atoms with Crippen molar-refractivity contribution in [2.24, 2.45) is 0 Å². The van der Waals surface area contributed by atoms with Crippen LogP contribution in [-0.4, -0.2) is 15.6 Å². The summed E-state index contributed by atoms with van der Waals surface area (Å²) in [5, 5.41) is 9.05. The van der Waals surface area contributed by atoms with Crippen molar-refractivity contribution >= 4 is 21.9 Å². The van der Waals surface area contributed by atoms with E-state index in [-0.39, 0.29) is 17.7 Å². The predicted molar refractivity (Wildman–Crippen MR) is 65.2 cm³/mol. The maximum absolute atomic E-state index is 11.7. The summed E-state index contributed by atoms with van der Waals surface area (Å²) >= 11 is 3.16. The number of aryl methyl sites for hydroxylation is 1. The predicted octanol–water partition coefficient (Wildman–Crippen LogP) is 2.07. The number of allylic oxidation sites excluding steroid dienone is 1. The van der Waals surface area contributed by atoms with E-state index in [1.165, 1.54) is 10.6 Å². The van der Waals surface area contributed by atoms with Gasteiger partial charge in [0.25, 0.3) is 5.56 Å². The summed E-state index contributed by atoms with van der Waals surface area (Å²) in [6, 6.07) is 1.33. The van der Waals surface area contributed by atoms with E-state index < -0.39 is 5.97 Å². The summed E-state index contributed by atoms with van der Waals surface area (Å²) in [6.07, 6.45) is 0. The molecule has 0 atom stereocenters. The van der Waals surface area contributed by atoms with E-state index in [1.54, 1.807) is 13.8 Å². The topological polar surface area (TPSA) is 59.3 Å². The Hall–Kier alpha value is -1.36. The molecule has 4 nitrogen and oxygen atoms in total. The van der Waals surface area contributed by atoms with Crippen LogP contribution in [0.25, 0.3) is 0 Å². The van der Waals surface area contributed by atoms with Crippen LogP contribution in [0.1, 0.15) is 21.6 Å². The van der Waals surface area contributed by atoms with Gasteiger partial charge in [0.05, 0.1) is 12.1 Å². The molecule has 0 spiro atoms. The average molecular weight is 286 g/mol. The lowest BCUT2D eigenvalue weighted by Crippen LogP contribution is -2.25. The van der Waals surface area contributed by atoms with Gasteiger partial charge in [-0.25, -0.2) is 4.79 Å². The molecule has 5 heteroatoms. The summed E-state index contributed by atoms with van der Waals surface area (Å²) in [5.74, 6) is -1.02. The number of carboxylic acids is 1. The summed E-state index contributed by atoms with van der Waals surface area (Å²) < 4.78 is 2.01. The number of aromatic carboxylic acids is 1. The highest BCUT2D eigenvalue weighted by Crippen LogP contribution is 2.13. The molecule has 0 saturated carbocycles. The van der Waals surface area contributed by atoms with Crippen LogP contribution in [0.3, 0.4) is 0 Å². The van der Waals surface area contributed by atoms with Gasteiger partial charge < -0.3 is 9.67 Å². The quantitative estimate of drug-likeness (QED) is 0.925. The number of hydrogen-bond donors (Lipinski definition) is 1. The molecule has 0 unspecified atom stereocenters. The minimum Gasteiger partial charge on any atom is -0.478 e. The smallest absolute Gasteiger partial charge is 0.337 e. The molecule has 0 aliphatic heterocycles. The molecule has 1 rings (SSSR count). The highest BCUT2D eigenvalue weighted by molar-refractivity contribution is 9.11. The van der Waals surface area contributed by atoms with Gasteiger partial charge in [-0.3, -0.25) is 4.79 Å². The zero-order chi connectivity index (χ0) is 12.5. The lowest BCUT2D eigenvalue weighted by molar-refractivity contribution is 0.0694. The van der Waals surface area contributed by atoms with E-state index in [0.717, 1.165) is 0 Å². The van der Waals surface area contributed by atoms with E-state index in [2.05, 4.69) is 22.5 Å². The summed E-state index contributed by atoms with van der Waals surface area (Å²) in [6.45, 7) is 7.14. The Kier molecular flexibility index (Phi) is 3.70. The Bertz CT molecular complexity index is 517. The third-order valence-corrected chi connectivity index (χ3v) is 2.56. The third-order valence-electron chi connectivity index (χ3n) is 2.31. The minimum absolute atomic E-state index is 0.174. The van der Waals surface area contributed by atoms with Gasteiger partial charge in [-0.1, -0.05) is 22.5 Å². The fraction of sp³-hybridized carbons (Fsp3) is 0.273. The van der Waals surface area contributed by atoms with Crippen molar-refractivity contribution in [3.05, 3.63) is 44.3 Å². The first-order valence-corrected chi connectivity index (χ1v) is 5.41. The van der Waals surface area contributed by atoms with Crippen LogP contribution in [0.15, 0.2) is 21.9 Å². The summed E-state index contributed by atoms with van der Waals surface area (Å²) in [4.78, 5) is 22.7. The average Bonchev–Trinajstić information content (AvgIpc) is 2.10. The molecule has 1 aromatic heterocycles. The number of pyridine rings is 1. The molecule has 1 N–H and O–H groups in total. The fourth-order valence-electron chi connectivity index (χ4n) is 1.61. The molecule has 0 aliphatic carbocycles. The molecule has 0 bridgehead atoms. The Morgan fingerprint density at radius 2 is 2.12 bits per heavy atom. The molecule has 1 heterocycles. The fourth-order valence-corrected chi connectivity index (χ4v) is 1.86. The Morgan fingerprint density at radius 3 is 2.56 bits per heavy atom. The van der Waals surface area contributed by atoms with Gasteiger partial charge in [-0.05, 0) is 19.4 Å². The highest BCUT2D eigenvalue weighted by Gasteiger charge is 2.15. The molecule has 0 radical (unpaired) electrons. The first-order chi connectivity index (χ1) is 7.34. The van der Waals surface area contributed by atoms with E-state index in [1.807, 2.05) is 0 Å². The van der Waals surface area contributed by atoms with Crippen LogP contribution < -0.4 is 5.56 Å². The number of rotatable bonds is 3. The first-order valence-electron chi connectivity index (χ1n) is 4.62. The number of hydrogen-bond acceptors (Lipinski definition) is 2. The first kappa shape index (κ1) is 12.7. The molecule has 0 amide bonds. The van der Waals surface area contributed by atoms with Gasteiger partial charge >= 0.3 is 5.97 Å². The van der Waals surface area contributed by atoms with Crippen molar-refractivity contribution in [2.45, 2.75) is 20.4 Å². The van der Waals surface area contributed by atoms with Crippen LogP contribution in [0.5, 0.6) is 0 Å². The van der Waals surface area contributed by atoms with Crippen LogP contribution in [0, 0.1) is 13.8 Å². The Balaban J connectivity index is 3.51. The van der Waals surface area contributed by atoms with E-state index >= 15 is 0 Å². The number of carbonyl (C=O) groups is 1. The molecule has 0 saturated heterocycles. The Labute approximate surface area is 101 Å². The van der Waals surface area contributed by atoms with Crippen molar-refractivity contribution in [3.8, 4) is 0 Å². The molecular weight excluding hydrogens is 274 g/mol. The van der Waals surface area contributed by atoms with Crippen molar-refractivity contribution in [1.29, 1.82) is 0 Å². The van der Waals surface area contributed by atoms with Crippen molar-refractivity contribution in [2.75, 3.05) is 0 Å². The number of nitrogens with zero attached hydrogens (tertiary/aromatic N) is 1. The zero-order valence-corrected chi connectivity index (χ0v) is 10.7. The molecule has 0 aromatic carbocycles. The van der Waals surface area contributed by atoms with Gasteiger partial charge in [0.15, 0.2) is 0 Å². The van der Waals surface area contributed by atoms with Crippen molar-refractivity contribution in [1.82, 2.24) is 4.57 Å². The van der Waals surface area contributed by atoms with E-state index in [0.29, 0.717) is 15.7 Å². The molecule has 16 heavy (non-hydrogen) atoms. The van der Waals surface area contributed by atoms with Crippen LogP contribution in [-0.2, 0) is 6.54 Å². The van der Waals surface area contributed by atoms with Crippen molar-refractivity contribution < 1.29 is 9.90 Å². The number of carboxylic acid groups (broad SMARTS) is 1. The van der Waals surface area contributed by atoms with E-state index in [9.17, 15) is 9.59 Å². The lowest BCUT2D eigenvalue weighted by atomic mass is 10.1. The van der Waals surface area contributed by atoms with Crippen LogP contribution >= 0.6 is 15.9 Å². The second kappa shape index (κ2) is 4.65. The second-order valence-electron chi connectivity index (χ2n) is 3.53. The third kappa shape index (κ3) is 2.41. The zero-order valence-electron chi connectivity index (χ0n) is 9.08. The maximum atomic E-state index is 11.7. The maximum Gasteiger partial charge on any atom is 0.337 e. The van der Waals surface area contributed by atoms with Gasteiger partial charge in [0.1, 0.15) is 0 Å². The van der Waals surface area contributed by atoms with Gasteiger partial charge in [0.2, 0.25) is 0 Å². The van der Waals surface area contributed by atoms with Gasteiger partial charge in [-0.2, -0.15) is 0 Å². The molecule has 1 aromatic rings. The van der Waals surface area contributed by atoms with E-state index in [4.69, 9.17) is 5.11 Å². The Morgan fingerprint density at radius 1 is 1.56 bits per heavy atom. The summed E-state index contributed by atoms with van der Waals surface area (Å²) in [5.41, 5.74) is 0.874. The molecule has 0 aliphatic rings. The van der Waals surface area contributed by atoms with Crippen molar-refractivity contribution in [3.63, 3.8) is 0 Å². The largest absolute Gasteiger partial charge is 0.478 e. The van der Waals surface area contributed by atoms with Gasteiger partial charge in [0, 0.05) is 16.2 Å². The SMILES string of the molecule is C=C(Br)Cn1c(C)c(C(=O)O)c(C)cc1=O. The lowest BCUT2D eigenvalue weighted by Gasteiger charge is -2.13. The van der Waals surface area contributed by atoms with Crippen LogP contribution in [0.4, 0.5) is 0 Å².